The van der Waals surface area contributed by atoms with Crippen LogP contribution in [0.2, 0.25) is 5.02 Å². The average Bonchev–Trinajstić information content (AvgIpc) is 2.69. The molecular formula is C21H26ClN3OS. The Hall–Kier alpha value is -1.53. The highest BCUT2D eigenvalue weighted by Gasteiger charge is 2.15. The van der Waals surface area contributed by atoms with Crippen molar-refractivity contribution in [3.63, 3.8) is 0 Å². The number of likely N-dealkylation sites (N-methyl/N-ethyl adjacent to an activating group) is 1. The second kappa shape index (κ2) is 10.1. The predicted octanol–water partition coefficient (Wildman–Crippen LogP) is 4.21. The Balaban J connectivity index is 1.44. The van der Waals surface area contributed by atoms with Crippen molar-refractivity contribution in [2.75, 3.05) is 43.8 Å². The first-order valence-corrected chi connectivity index (χ1v) is 10.7. The molecular weight excluding hydrogens is 378 g/mol. The smallest absolute Gasteiger partial charge is 0.234 e. The minimum atomic E-state index is -0.0247. The number of hydrogen-bond donors (Lipinski definition) is 1. The molecule has 1 saturated heterocycles. The molecule has 3 rings (SSSR count). The maximum Gasteiger partial charge on any atom is 0.234 e. The zero-order valence-corrected chi connectivity index (χ0v) is 17.2. The summed E-state index contributed by atoms with van der Waals surface area (Å²) in [6, 6.07) is 15.7. The number of thioether (sulfide) groups is 1. The fourth-order valence-electron chi connectivity index (χ4n) is 3.12. The number of hydrogen-bond acceptors (Lipinski definition) is 4. The normalized spacial score (nSPS) is 15.6. The van der Waals surface area contributed by atoms with Gasteiger partial charge in [-0.3, -0.25) is 9.69 Å². The van der Waals surface area contributed by atoms with E-state index < -0.39 is 0 Å². The third-order valence-corrected chi connectivity index (χ3v) is 6.27. The number of nitrogens with one attached hydrogen (secondary N) is 1. The third-order valence-electron chi connectivity index (χ3n) is 4.75. The lowest BCUT2D eigenvalue weighted by Crippen LogP contribution is -2.45. The van der Waals surface area contributed by atoms with Crippen LogP contribution in [-0.2, 0) is 11.3 Å². The van der Waals surface area contributed by atoms with Crippen LogP contribution in [0.1, 0.15) is 12.5 Å². The first-order valence-electron chi connectivity index (χ1n) is 9.35. The van der Waals surface area contributed by atoms with Crippen LogP contribution in [-0.4, -0.2) is 54.2 Å². The molecule has 0 aromatic heterocycles. The number of benzene rings is 2. The lowest BCUT2D eigenvalue weighted by atomic mass is 10.1. The van der Waals surface area contributed by atoms with Gasteiger partial charge >= 0.3 is 0 Å². The van der Waals surface area contributed by atoms with Crippen LogP contribution in [0.15, 0.2) is 53.4 Å². The maximum atomic E-state index is 12.2. The summed E-state index contributed by atoms with van der Waals surface area (Å²) in [5.41, 5.74) is 2.11. The number of halogens is 1. The molecule has 1 amide bonds. The molecule has 0 spiro atoms. The van der Waals surface area contributed by atoms with E-state index in [1.54, 1.807) is 0 Å². The molecule has 1 fully saturated rings. The van der Waals surface area contributed by atoms with Crippen LogP contribution in [0, 0.1) is 0 Å². The van der Waals surface area contributed by atoms with E-state index >= 15 is 0 Å². The SMILES string of the molecule is CCN1CCN(Cc2ccc(NC(=O)CSc3ccccc3Cl)cc2)CC1. The van der Waals surface area contributed by atoms with Crippen molar-refractivity contribution < 1.29 is 4.79 Å². The molecule has 2 aromatic carbocycles. The van der Waals surface area contributed by atoms with E-state index in [9.17, 15) is 4.79 Å². The molecule has 4 nitrogen and oxygen atoms in total. The highest BCUT2D eigenvalue weighted by molar-refractivity contribution is 8.00. The number of rotatable bonds is 7. The van der Waals surface area contributed by atoms with Crippen molar-refractivity contribution in [2.45, 2.75) is 18.4 Å². The number of nitrogens with zero attached hydrogens (tertiary/aromatic N) is 2. The number of amides is 1. The van der Waals surface area contributed by atoms with Crippen LogP contribution in [0.5, 0.6) is 0 Å². The summed E-state index contributed by atoms with van der Waals surface area (Å²) in [5.74, 6) is 0.316. The van der Waals surface area contributed by atoms with Gasteiger partial charge in [-0.25, -0.2) is 0 Å². The molecule has 0 aliphatic carbocycles. The molecule has 27 heavy (non-hydrogen) atoms. The van der Waals surface area contributed by atoms with E-state index in [2.05, 4.69) is 34.2 Å². The Morgan fingerprint density at radius 2 is 1.70 bits per heavy atom. The molecule has 2 aromatic rings. The van der Waals surface area contributed by atoms with Gasteiger partial charge < -0.3 is 10.2 Å². The predicted molar refractivity (Wildman–Crippen MR) is 115 cm³/mol. The Labute approximate surface area is 170 Å². The lowest BCUT2D eigenvalue weighted by molar-refractivity contribution is -0.113. The molecule has 0 saturated carbocycles. The summed E-state index contributed by atoms with van der Waals surface area (Å²) in [6.07, 6.45) is 0. The second-order valence-electron chi connectivity index (χ2n) is 6.67. The number of carbonyl (C=O) groups excluding carboxylic acids is 1. The van der Waals surface area contributed by atoms with Crippen molar-refractivity contribution in [2.24, 2.45) is 0 Å². The zero-order chi connectivity index (χ0) is 19.1. The first-order chi connectivity index (χ1) is 13.1. The molecule has 1 N–H and O–H groups in total. The zero-order valence-electron chi connectivity index (χ0n) is 15.7. The molecule has 1 aliphatic rings. The van der Waals surface area contributed by atoms with E-state index in [0.29, 0.717) is 10.8 Å². The monoisotopic (exact) mass is 403 g/mol. The van der Waals surface area contributed by atoms with Crippen LogP contribution in [0.4, 0.5) is 5.69 Å². The topological polar surface area (TPSA) is 35.6 Å². The van der Waals surface area contributed by atoms with Gasteiger partial charge in [0.1, 0.15) is 0 Å². The molecule has 0 atom stereocenters. The molecule has 144 valence electrons. The van der Waals surface area contributed by atoms with Crippen LogP contribution in [0.3, 0.4) is 0 Å². The highest BCUT2D eigenvalue weighted by atomic mass is 35.5. The standard InChI is InChI=1S/C21H26ClN3OS/c1-2-24-11-13-25(14-12-24)15-17-7-9-18(10-8-17)23-21(26)16-27-20-6-4-3-5-19(20)22/h3-10H,2,11-16H2,1H3,(H,23,26). The summed E-state index contributed by atoms with van der Waals surface area (Å²) in [6.45, 7) is 8.85. The van der Waals surface area contributed by atoms with E-state index in [4.69, 9.17) is 11.6 Å². The minimum Gasteiger partial charge on any atom is -0.325 e. The summed E-state index contributed by atoms with van der Waals surface area (Å²) in [5, 5.41) is 3.63. The van der Waals surface area contributed by atoms with E-state index in [-0.39, 0.29) is 5.91 Å². The van der Waals surface area contributed by atoms with Crippen molar-refractivity contribution in [1.82, 2.24) is 9.80 Å². The molecule has 1 aliphatic heterocycles. The van der Waals surface area contributed by atoms with E-state index in [1.165, 1.54) is 17.3 Å². The van der Waals surface area contributed by atoms with Gasteiger partial charge in [-0.2, -0.15) is 0 Å². The Morgan fingerprint density at radius 3 is 2.37 bits per heavy atom. The summed E-state index contributed by atoms with van der Waals surface area (Å²) >= 11 is 7.57. The van der Waals surface area contributed by atoms with Crippen molar-refractivity contribution in [1.29, 1.82) is 0 Å². The molecule has 0 radical (unpaired) electrons. The lowest BCUT2D eigenvalue weighted by Gasteiger charge is -2.34. The van der Waals surface area contributed by atoms with Crippen molar-refractivity contribution in [3.8, 4) is 0 Å². The van der Waals surface area contributed by atoms with Crippen LogP contribution in [0.25, 0.3) is 0 Å². The minimum absolute atomic E-state index is 0.0247. The molecule has 1 heterocycles. The number of carbonyl (C=O) groups is 1. The number of piperazine rings is 1. The summed E-state index contributed by atoms with van der Waals surface area (Å²) < 4.78 is 0. The summed E-state index contributed by atoms with van der Waals surface area (Å²) in [7, 11) is 0. The second-order valence-corrected chi connectivity index (χ2v) is 8.10. The Bertz CT molecular complexity index is 745. The first kappa shape index (κ1) is 20.2. The van der Waals surface area contributed by atoms with Crippen LogP contribution >= 0.6 is 23.4 Å². The Kier molecular flexibility index (Phi) is 7.59. The van der Waals surface area contributed by atoms with Gasteiger partial charge in [0.05, 0.1) is 10.8 Å². The molecule has 6 heteroatoms. The fraction of sp³-hybridized carbons (Fsp3) is 0.381. The highest BCUT2D eigenvalue weighted by Crippen LogP contribution is 2.26. The Morgan fingerprint density at radius 1 is 1.04 bits per heavy atom. The van der Waals surface area contributed by atoms with Gasteiger partial charge in [0.25, 0.3) is 0 Å². The fourth-order valence-corrected chi connectivity index (χ4v) is 4.16. The summed E-state index contributed by atoms with van der Waals surface area (Å²) in [4.78, 5) is 18.1. The molecule has 0 bridgehead atoms. The van der Waals surface area contributed by atoms with Gasteiger partial charge in [0.15, 0.2) is 0 Å². The largest absolute Gasteiger partial charge is 0.325 e. The number of anilines is 1. The van der Waals surface area contributed by atoms with Crippen molar-refractivity contribution in [3.05, 3.63) is 59.1 Å². The quantitative estimate of drug-likeness (QED) is 0.702. The third kappa shape index (κ3) is 6.25. The van der Waals surface area contributed by atoms with Gasteiger partial charge in [-0.1, -0.05) is 42.8 Å². The van der Waals surface area contributed by atoms with Crippen molar-refractivity contribution >= 4 is 35.0 Å². The van der Waals surface area contributed by atoms with Crippen LogP contribution < -0.4 is 5.32 Å². The van der Waals surface area contributed by atoms with Gasteiger partial charge in [-0.15, -0.1) is 11.8 Å². The van der Waals surface area contributed by atoms with Gasteiger partial charge in [0.2, 0.25) is 5.91 Å². The maximum absolute atomic E-state index is 12.2. The van der Waals surface area contributed by atoms with E-state index in [1.807, 2.05) is 36.4 Å². The molecule has 0 unspecified atom stereocenters. The van der Waals surface area contributed by atoms with E-state index in [0.717, 1.165) is 49.9 Å². The van der Waals surface area contributed by atoms with Gasteiger partial charge in [-0.05, 0) is 36.4 Å². The van der Waals surface area contributed by atoms with Gasteiger partial charge in [0, 0.05) is 43.3 Å². The average molecular weight is 404 g/mol.